The lowest BCUT2D eigenvalue weighted by molar-refractivity contribution is -0.179. The lowest BCUT2D eigenvalue weighted by Crippen LogP contribution is -2.75. The van der Waals surface area contributed by atoms with E-state index >= 15 is 0 Å². The Morgan fingerprint density at radius 3 is 2.26 bits per heavy atom. The van der Waals surface area contributed by atoms with Crippen molar-refractivity contribution >= 4 is 62.3 Å². The second-order valence-corrected chi connectivity index (χ2v) is 15.3. The third kappa shape index (κ3) is 9.58. The SMILES string of the molecule is CC(C)(C)OC(=O)Nc1nc(/C(=N\OC(C)(C)C(=O)OC(C)(C)C)C(=O)N[C@@H]2C(=O)N(S(=O)(=O)O)[C@@H]2CN2CCCCC2=O)cs1. The molecule has 17 nitrogen and oxygen atoms in total. The molecule has 0 saturated carbocycles. The van der Waals surface area contributed by atoms with E-state index < -0.39 is 68.8 Å². The van der Waals surface area contributed by atoms with Gasteiger partial charge in [0.25, 0.3) is 11.8 Å². The van der Waals surface area contributed by atoms with Crippen LogP contribution in [-0.4, -0.2) is 105 Å². The fraction of sp³-hybridized carbons (Fsp3) is 0.667. The van der Waals surface area contributed by atoms with Gasteiger partial charge in [-0.05, 0) is 68.2 Å². The van der Waals surface area contributed by atoms with Gasteiger partial charge in [-0.15, -0.1) is 11.3 Å². The molecular formula is C27H40N6O11S2. The molecule has 0 aliphatic carbocycles. The summed E-state index contributed by atoms with van der Waals surface area (Å²) >= 11 is 0.901. The molecule has 19 heteroatoms. The summed E-state index contributed by atoms with van der Waals surface area (Å²) in [5.41, 5.74) is -4.08. The number of rotatable bonds is 10. The topological polar surface area (TPSA) is 223 Å². The van der Waals surface area contributed by atoms with E-state index in [1.165, 1.54) is 24.1 Å². The highest BCUT2D eigenvalue weighted by atomic mass is 32.2. The van der Waals surface area contributed by atoms with Gasteiger partial charge < -0.3 is 24.5 Å². The number of thiazole rings is 1. The van der Waals surface area contributed by atoms with Gasteiger partial charge in [0, 0.05) is 24.9 Å². The predicted octanol–water partition coefficient (Wildman–Crippen LogP) is 1.84. The molecule has 1 aromatic rings. The molecule has 3 heterocycles. The Morgan fingerprint density at radius 2 is 1.70 bits per heavy atom. The van der Waals surface area contributed by atoms with Crippen LogP contribution >= 0.6 is 11.3 Å². The predicted molar refractivity (Wildman–Crippen MR) is 164 cm³/mol. The quantitative estimate of drug-likeness (QED) is 0.105. The van der Waals surface area contributed by atoms with Gasteiger partial charge in [-0.3, -0.25) is 24.3 Å². The number of piperidine rings is 1. The van der Waals surface area contributed by atoms with E-state index in [4.69, 9.17) is 14.3 Å². The summed E-state index contributed by atoms with van der Waals surface area (Å²) in [5.74, 6) is -3.29. The number of esters is 1. The minimum absolute atomic E-state index is 0.00918. The summed E-state index contributed by atoms with van der Waals surface area (Å²) in [6, 6.07) is -2.82. The van der Waals surface area contributed by atoms with E-state index in [0.717, 1.165) is 11.3 Å². The minimum atomic E-state index is -5.02. The zero-order valence-electron chi connectivity index (χ0n) is 26.9. The van der Waals surface area contributed by atoms with Gasteiger partial charge in [-0.25, -0.2) is 18.9 Å². The number of carbonyl (C=O) groups excluding carboxylic acids is 5. The molecular weight excluding hydrogens is 648 g/mol. The van der Waals surface area contributed by atoms with Crippen molar-refractivity contribution in [1.29, 1.82) is 0 Å². The van der Waals surface area contributed by atoms with Crippen LogP contribution in [0, 0.1) is 0 Å². The van der Waals surface area contributed by atoms with Gasteiger partial charge >= 0.3 is 22.4 Å². The average Bonchev–Trinajstić information content (AvgIpc) is 3.32. The highest BCUT2D eigenvalue weighted by Gasteiger charge is 2.55. The monoisotopic (exact) mass is 688 g/mol. The molecule has 3 N–H and O–H groups in total. The molecule has 2 atom stereocenters. The molecule has 0 radical (unpaired) electrons. The zero-order valence-corrected chi connectivity index (χ0v) is 28.5. The molecule has 2 fully saturated rings. The fourth-order valence-electron chi connectivity index (χ4n) is 4.26. The summed E-state index contributed by atoms with van der Waals surface area (Å²) in [6.45, 7) is 12.7. The molecule has 4 amide bonds. The summed E-state index contributed by atoms with van der Waals surface area (Å²) < 4.78 is 44.5. The van der Waals surface area contributed by atoms with Crippen LogP contribution in [0.2, 0.25) is 0 Å². The molecule has 2 saturated heterocycles. The molecule has 2 aliphatic heterocycles. The Hall–Kier alpha value is -3.84. The van der Waals surface area contributed by atoms with Gasteiger partial charge in [0.15, 0.2) is 10.8 Å². The van der Waals surface area contributed by atoms with Crippen LogP contribution in [0.1, 0.15) is 80.3 Å². The Balaban J connectivity index is 1.92. The first-order valence-electron chi connectivity index (χ1n) is 14.3. The van der Waals surface area contributed by atoms with Gasteiger partial charge in [0.2, 0.25) is 11.5 Å². The molecule has 3 rings (SSSR count). The number of ether oxygens (including phenoxy) is 2. The molecule has 1 aromatic heterocycles. The van der Waals surface area contributed by atoms with Crippen molar-refractivity contribution in [3.63, 3.8) is 0 Å². The summed E-state index contributed by atoms with van der Waals surface area (Å²) in [7, 11) is -5.02. The van der Waals surface area contributed by atoms with Crippen molar-refractivity contribution in [2.45, 2.75) is 104 Å². The first-order valence-corrected chi connectivity index (χ1v) is 16.6. The Kier molecular flexibility index (Phi) is 10.7. The van der Waals surface area contributed by atoms with Crippen LogP contribution in [0.25, 0.3) is 0 Å². The number of nitrogens with zero attached hydrogens (tertiary/aromatic N) is 4. The van der Waals surface area contributed by atoms with E-state index in [0.29, 0.717) is 19.4 Å². The Labute approximate surface area is 270 Å². The van der Waals surface area contributed by atoms with Crippen molar-refractivity contribution in [1.82, 2.24) is 19.5 Å². The number of aromatic nitrogens is 1. The first-order chi connectivity index (χ1) is 21.0. The Morgan fingerprint density at radius 1 is 1.07 bits per heavy atom. The van der Waals surface area contributed by atoms with Crippen LogP contribution in [0.5, 0.6) is 0 Å². The van der Waals surface area contributed by atoms with Crippen LogP contribution in [-0.2, 0) is 43.8 Å². The molecule has 0 aromatic carbocycles. The number of anilines is 1. The molecule has 0 unspecified atom stereocenters. The number of likely N-dealkylation sites (tertiary alicyclic amines) is 1. The summed E-state index contributed by atoms with van der Waals surface area (Å²) in [5, 5.41) is 10.0. The molecule has 0 bridgehead atoms. The van der Waals surface area contributed by atoms with E-state index in [9.17, 15) is 36.9 Å². The summed E-state index contributed by atoms with van der Waals surface area (Å²) in [4.78, 5) is 74.9. The zero-order chi connectivity index (χ0) is 34.8. The third-order valence-corrected chi connectivity index (χ3v) is 8.06. The van der Waals surface area contributed by atoms with Gasteiger partial charge in [-0.1, -0.05) is 5.16 Å². The van der Waals surface area contributed by atoms with E-state index in [1.54, 1.807) is 41.5 Å². The normalized spacial score (nSPS) is 19.7. The van der Waals surface area contributed by atoms with Crippen molar-refractivity contribution < 1.29 is 51.3 Å². The average molecular weight is 689 g/mol. The van der Waals surface area contributed by atoms with E-state index in [-0.39, 0.29) is 34.0 Å². The lowest BCUT2D eigenvalue weighted by atomic mass is 9.96. The van der Waals surface area contributed by atoms with E-state index in [2.05, 4.69) is 20.8 Å². The maximum Gasteiger partial charge on any atom is 0.413 e. The maximum atomic E-state index is 13.6. The van der Waals surface area contributed by atoms with Crippen molar-refractivity contribution in [3.05, 3.63) is 11.1 Å². The maximum absolute atomic E-state index is 13.6. The molecule has 0 spiro atoms. The van der Waals surface area contributed by atoms with Crippen molar-refractivity contribution in [2.75, 3.05) is 18.4 Å². The number of hydrogen-bond donors (Lipinski definition) is 3. The second kappa shape index (κ2) is 13.5. The largest absolute Gasteiger partial charge is 0.457 e. The fourth-order valence-corrected chi connectivity index (χ4v) is 5.82. The number of β-lactam (4-membered cyclic amide) rings is 1. The van der Waals surface area contributed by atoms with Crippen molar-refractivity contribution in [2.24, 2.45) is 5.16 Å². The number of oxime groups is 1. The molecule has 256 valence electrons. The highest BCUT2D eigenvalue weighted by Crippen LogP contribution is 2.27. The number of hydrogen-bond acceptors (Lipinski definition) is 13. The van der Waals surface area contributed by atoms with Crippen LogP contribution in [0.4, 0.5) is 9.93 Å². The third-order valence-electron chi connectivity index (χ3n) is 6.36. The first kappa shape index (κ1) is 36.6. The second-order valence-electron chi connectivity index (χ2n) is 13.1. The number of amides is 4. The van der Waals surface area contributed by atoms with Crippen molar-refractivity contribution in [3.8, 4) is 0 Å². The van der Waals surface area contributed by atoms with Crippen LogP contribution in [0.3, 0.4) is 0 Å². The van der Waals surface area contributed by atoms with Gasteiger partial charge in [0.1, 0.15) is 22.9 Å². The van der Waals surface area contributed by atoms with Gasteiger partial charge in [0.05, 0.1) is 6.04 Å². The molecule has 46 heavy (non-hydrogen) atoms. The standard InChI is InChI=1S/C27H40N6O11S2/c1-25(2,3)42-22(37)27(7,8)44-31-18(15-14-45-23(28-15)30-24(38)43-26(4,5)6)20(35)29-19-16(33(21(19)36)46(39,40)41)13-32-12-10-9-11-17(32)34/h14,16,19H,9-13H2,1-8H3,(H,29,35)(H,28,30,38)(H,39,40,41)/b31-18+/t16-,19+/m1/s1. The lowest BCUT2D eigenvalue weighted by Gasteiger charge is -2.46. The highest BCUT2D eigenvalue weighted by molar-refractivity contribution is 7.84. The van der Waals surface area contributed by atoms with E-state index in [1.807, 2.05) is 0 Å². The van der Waals surface area contributed by atoms with Crippen LogP contribution < -0.4 is 10.6 Å². The minimum Gasteiger partial charge on any atom is -0.457 e. The number of nitrogens with one attached hydrogen (secondary N) is 2. The molecule has 2 aliphatic rings. The van der Waals surface area contributed by atoms with Gasteiger partial charge in [-0.2, -0.15) is 8.42 Å². The summed E-state index contributed by atoms with van der Waals surface area (Å²) in [6.07, 6.45) is 0.715. The number of carbonyl (C=O) groups is 5. The Bertz CT molecular complexity index is 1510. The van der Waals surface area contributed by atoms with Crippen LogP contribution in [0.15, 0.2) is 10.5 Å². The smallest absolute Gasteiger partial charge is 0.413 e.